The van der Waals surface area contributed by atoms with Crippen LogP contribution in [0.5, 0.6) is 11.5 Å². The van der Waals surface area contributed by atoms with Gasteiger partial charge in [0.1, 0.15) is 5.82 Å². The summed E-state index contributed by atoms with van der Waals surface area (Å²) in [5, 5.41) is 3.14. The lowest BCUT2D eigenvalue weighted by atomic mass is 9.99. The minimum atomic E-state index is -3.64. The Hall–Kier alpha value is -3.22. The molecule has 0 fully saturated rings. The third-order valence-electron chi connectivity index (χ3n) is 4.28. The van der Waals surface area contributed by atoms with Crippen LogP contribution in [0, 0.1) is 12.7 Å². The zero-order valence-electron chi connectivity index (χ0n) is 16.3. The van der Waals surface area contributed by atoms with Gasteiger partial charge in [0.2, 0.25) is 0 Å². The molecule has 1 aliphatic heterocycles. The van der Waals surface area contributed by atoms with Crippen LogP contribution in [0.1, 0.15) is 25.0 Å². The summed E-state index contributed by atoms with van der Waals surface area (Å²) in [5.74, 6) is -0.329. The molecule has 2 heterocycles. The van der Waals surface area contributed by atoms with E-state index in [9.17, 15) is 13.2 Å². The van der Waals surface area contributed by atoms with Gasteiger partial charge in [-0.15, -0.1) is 8.78 Å². The first-order chi connectivity index (χ1) is 13.9. The number of aryl methyl sites for hydroxylation is 1. The average molecular weight is 402 g/mol. The maximum Gasteiger partial charge on any atom is 0.586 e. The van der Waals surface area contributed by atoms with Gasteiger partial charge in [-0.2, -0.15) is 0 Å². The smallest absolute Gasteiger partial charge is 0.395 e. The SMILES string of the molecule is CC.Cc1cc2c(cc1-c1ccc(NCc3ccncc3F)cc1)OC(F)(F)O2. The van der Waals surface area contributed by atoms with Crippen molar-refractivity contribution in [3.63, 3.8) is 0 Å². The quantitative estimate of drug-likeness (QED) is 0.568. The highest BCUT2D eigenvalue weighted by atomic mass is 19.3. The number of hydrogen-bond acceptors (Lipinski definition) is 4. The summed E-state index contributed by atoms with van der Waals surface area (Å²) in [6.07, 6.45) is -0.926. The number of fused-ring (bicyclic) bond motifs is 1. The molecule has 1 N–H and O–H groups in total. The molecule has 0 unspecified atom stereocenters. The predicted octanol–water partition coefficient (Wildman–Crippen LogP) is 6.16. The topological polar surface area (TPSA) is 43.4 Å². The number of alkyl halides is 2. The number of halogens is 3. The zero-order valence-corrected chi connectivity index (χ0v) is 16.3. The van der Waals surface area contributed by atoms with Crippen LogP contribution >= 0.6 is 0 Å². The molecule has 4 rings (SSSR count). The number of pyridine rings is 1. The first-order valence-electron chi connectivity index (χ1n) is 9.24. The second-order valence-electron chi connectivity index (χ2n) is 6.18. The first kappa shape index (κ1) is 20.5. The molecule has 1 aromatic heterocycles. The standard InChI is InChI=1S/C20H15F3N2O2.C2H6/c1-12-8-18-19(27-20(22,23)26-18)9-16(12)13-2-4-15(5-3-13)25-10-14-6-7-24-11-17(14)21;1-2/h2-9,11,25H,10H2,1H3;1-2H3. The molecular weight excluding hydrogens is 381 g/mol. The van der Waals surface area contributed by atoms with Gasteiger partial charge in [-0.1, -0.05) is 26.0 Å². The lowest BCUT2D eigenvalue weighted by Gasteiger charge is -2.10. The zero-order chi connectivity index (χ0) is 21.0. The van der Waals surface area contributed by atoms with E-state index in [1.165, 1.54) is 18.5 Å². The Morgan fingerprint density at radius 3 is 2.31 bits per heavy atom. The number of anilines is 1. The summed E-state index contributed by atoms with van der Waals surface area (Å²) in [4.78, 5) is 3.72. The minimum absolute atomic E-state index is 0.0102. The van der Waals surface area contributed by atoms with Gasteiger partial charge in [-0.05, 0) is 53.9 Å². The molecule has 3 aromatic rings. The second kappa shape index (κ2) is 8.43. The predicted molar refractivity (Wildman–Crippen MR) is 106 cm³/mol. The summed E-state index contributed by atoms with van der Waals surface area (Å²) in [7, 11) is 0. The molecule has 0 aliphatic carbocycles. The van der Waals surface area contributed by atoms with Gasteiger partial charge in [0.15, 0.2) is 11.5 Å². The van der Waals surface area contributed by atoms with Gasteiger partial charge < -0.3 is 14.8 Å². The van der Waals surface area contributed by atoms with Crippen molar-refractivity contribution < 1.29 is 22.6 Å². The number of rotatable bonds is 4. The molecular formula is C22H21F3N2O2. The molecule has 0 atom stereocenters. The lowest BCUT2D eigenvalue weighted by molar-refractivity contribution is -0.286. The molecule has 0 bridgehead atoms. The largest absolute Gasteiger partial charge is 0.586 e. The molecule has 0 saturated carbocycles. The highest BCUT2D eigenvalue weighted by Gasteiger charge is 2.43. The average Bonchev–Trinajstić information content (AvgIpc) is 3.01. The Kier molecular flexibility index (Phi) is 5.96. The highest BCUT2D eigenvalue weighted by molar-refractivity contribution is 5.72. The molecule has 152 valence electrons. The van der Waals surface area contributed by atoms with Crippen LogP contribution in [0.3, 0.4) is 0 Å². The van der Waals surface area contributed by atoms with Crippen LogP contribution in [0.4, 0.5) is 18.9 Å². The van der Waals surface area contributed by atoms with Crippen LogP contribution < -0.4 is 14.8 Å². The first-order valence-corrected chi connectivity index (χ1v) is 9.24. The molecule has 0 spiro atoms. The van der Waals surface area contributed by atoms with Gasteiger partial charge in [-0.25, -0.2) is 4.39 Å². The van der Waals surface area contributed by atoms with E-state index in [2.05, 4.69) is 19.8 Å². The summed E-state index contributed by atoms with van der Waals surface area (Å²) in [6, 6.07) is 12.1. The van der Waals surface area contributed by atoms with Crippen LogP contribution in [0.15, 0.2) is 54.9 Å². The fourth-order valence-corrected chi connectivity index (χ4v) is 2.92. The van der Waals surface area contributed by atoms with Crippen LogP contribution in [-0.2, 0) is 6.54 Å². The van der Waals surface area contributed by atoms with Crippen LogP contribution in [0.25, 0.3) is 11.1 Å². The second-order valence-corrected chi connectivity index (χ2v) is 6.18. The summed E-state index contributed by atoms with van der Waals surface area (Å²) >= 11 is 0. The Labute approximate surface area is 167 Å². The monoisotopic (exact) mass is 402 g/mol. The lowest BCUT2D eigenvalue weighted by Crippen LogP contribution is -2.25. The molecule has 0 amide bonds. The van der Waals surface area contributed by atoms with Crippen molar-refractivity contribution in [1.82, 2.24) is 4.98 Å². The fraction of sp³-hybridized carbons (Fsp3) is 0.227. The van der Waals surface area contributed by atoms with Gasteiger partial charge in [0.05, 0.1) is 6.20 Å². The highest BCUT2D eigenvalue weighted by Crippen LogP contribution is 2.44. The third-order valence-corrected chi connectivity index (χ3v) is 4.28. The van der Waals surface area contributed by atoms with E-state index in [1.54, 1.807) is 12.1 Å². The number of nitrogens with one attached hydrogen (secondary N) is 1. The van der Waals surface area contributed by atoms with Gasteiger partial charge in [0, 0.05) is 24.0 Å². The van der Waals surface area contributed by atoms with E-state index in [0.717, 1.165) is 22.4 Å². The Morgan fingerprint density at radius 1 is 1.00 bits per heavy atom. The van der Waals surface area contributed by atoms with Crippen molar-refractivity contribution in [1.29, 1.82) is 0 Å². The van der Waals surface area contributed by atoms with Crippen molar-refractivity contribution in [2.24, 2.45) is 0 Å². The fourth-order valence-electron chi connectivity index (χ4n) is 2.92. The molecule has 1 aliphatic rings. The van der Waals surface area contributed by atoms with E-state index in [4.69, 9.17) is 0 Å². The molecule has 4 nitrogen and oxygen atoms in total. The van der Waals surface area contributed by atoms with Gasteiger partial charge in [-0.3, -0.25) is 4.98 Å². The van der Waals surface area contributed by atoms with E-state index >= 15 is 0 Å². The molecule has 0 saturated heterocycles. The van der Waals surface area contributed by atoms with Gasteiger partial charge >= 0.3 is 6.29 Å². The third kappa shape index (κ3) is 4.62. The van der Waals surface area contributed by atoms with Crippen LogP contribution in [-0.4, -0.2) is 11.3 Å². The summed E-state index contributed by atoms with van der Waals surface area (Å²) in [5.41, 5.74) is 3.72. The molecule has 2 aromatic carbocycles. The number of aromatic nitrogens is 1. The van der Waals surface area contributed by atoms with E-state index < -0.39 is 6.29 Å². The minimum Gasteiger partial charge on any atom is -0.395 e. The maximum atomic E-state index is 13.6. The van der Waals surface area contributed by atoms with E-state index in [-0.39, 0.29) is 17.3 Å². The van der Waals surface area contributed by atoms with Crippen LogP contribution in [0.2, 0.25) is 0 Å². The number of benzene rings is 2. The van der Waals surface area contributed by atoms with Gasteiger partial charge in [0.25, 0.3) is 0 Å². The van der Waals surface area contributed by atoms with Crippen molar-refractivity contribution in [3.8, 4) is 22.6 Å². The summed E-state index contributed by atoms with van der Waals surface area (Å²) < 4.78 is 49.1. The number of hydrogen-bond donors (Lipinski definition) is 1. The Balaban J connectivity index is 0.00000117. The number of ether oxygens (including phenoxy) is 2. The Morgan fingerprint density at radius 2 is 1.66 bits per heavy atom. The van der Waals surface area contributed by atoms with E-state index in [1.807, 2.05) is 45.0 Å². The normalized spacial score (nSPS) is 13.4. The molecule has 7 heteroatoms. The summed E-state index contributed by atoms with van der Waals surface area (Å²) in [6.45, 7) is 6.14. The Bertz CT molecular complexity index is 992. The van der Waals surface area contributed by atoms with E-state index in [0.29, 0.717) is 12.1 Å². The molecule has 0 radical (unpaired) electrons. The van der Waals surface area contributed by atoms with Crippen molar-refractivity contribution in [3.05, 3.63) is 71.8 Å². The number of nitrogens with zero attached hydrogens (tertiary/aromatic N) is 1. The van der Waals surface area contributed by atoms with Crippen molar-refractivity contribution in [2.45, 2.75) is 33.6 Å². The van der Waals surface area contributed by atoms with Crippen molar-refractivity contribution in [2.75, 3.05) is 5.32 Å². The van der Waals surface area contributed by atoms with Crippen molar-refractivity contribution >= 4 is 5.69 Å². The maximum absolute atomic E-state index is 13.6. The molecule has 29 heavy (non-hydrogen) atoms.